The highest BCUT2D eigenvalue weighted by atomic mass is 32.2. The number of halogens is 1. The maximum absolute atomic E-state index is 13.2. The molecule has 29 heavy (non-hydrogen) atoms. The number of amides is 1. The lowest BCUT2D eigenvalue weighted by molar-refractivity contribution is 0.0760. The first-order chi connectivity index (χ1) is 14.1. The van der Waals surface area contributed by atoms with Crippen LogP contribution in [0.4, 0.5) is 4.39 Å². The van der Waals surface area contributed by atoms with Crippen LogP contribution in [0.15, 0.2) is 72.8 Å². The third-order valence-electron chi connectivity index (χ3n) is 4.68. The molecule has 0 aromatic heterocycles. The summed E-state index contributed by atoms with van der Waals surface area (Å²) in [4.78, 5) is 15.1. The Kier molecular flexibility index (Phi) is 5.71. The molecule has 6 heteroatoms. The summed E-state index contributed by atoms with van der Waals surface area (Å²) in [6.07, 6.45) is 0. The molecule has 1 saturated heterocycles. The molecule has 1 fully saturated rings. The maximum atomic E-state index is 13.2. The molecule has 0 bridgehead atoms. The average molecular weight is 409 g/mol. The Morgan fingerprint density at radius 3 is 2.45 bits per heavy atom. The second-order valence-corrected chi connectivity index (χ2v) is 7.77. The van der Waals surface area contributed by atoms with Crippen LogP contribution in [0.25, 0.3) is 0 Å². The highest BCUT2D eigenvalue weighted by Gasteiger charge is 2.31. The second-order valence-electron chi connectivity index (χ2n) is 6.58. The van der Waals surface area contributed by atoms with Crippen LogP contribution in [-0.4, -0.2) is 30.2 Å². The van der Waals surface area contributed by atoms with E-state index in [1.807, 2.05) is 29.2 Å². The minimum atomic E-state index is -0.322. The number of hydrogen-bond donors (Lipinski definition) is 0. The van der Waals surface area contributed by atoms with Gasteiger partial charge in [-0.25, -0.2) is 4.39 Å². The Hall–Kier alpha value is -2.99. The lowest BCUT2D eigenvalue weighted by Gasteiger charge is -2.24. The number of benzene rings is 3. The van der Waals surface area contributed by atoms with Gasteiger partial charge in [0.1, 0.15) is 28.4 Å². The van der Waals surface area contributed by atoms with Gasteiger partial charge in [-0.3, -0.25) is 4.79 Å². The van der Waals surface area contributed by atoms with Crippen molar-refractivity contribution in [1.29, 1.82) is 0 Å². The maximum Gasteiger partial charge on any atom is 0.255 e. The molecule has 1 unspecified atom stereocenters. The number of hydrogen-bond acceptors (Lipinski definition) is 4. The van der Waals surface area contributed by atoms with Gasteiger partial charge >= 0.3 is 0 Å². The van der Waals surface area contributed by atoms with Gasteiger partial charge in [0.2, 0.25) is 0 Å². The molecule has 4 rings (SSSR count). The lowest BCUT2D eigenvalue weighted by Crippen LogP contribution is -2.30. The van der Waals surface area contributed by atoms with Crippen LogP contribution >= 0.6 is 11.8 Å². The number of rotatable bonds is 5. The molecule has 0 spiro atoms. The summed E-state index contributed by atoms with van der Waals surface area (Å²) in [5.74, 6) is 2.37. The molecule has 1 amide bonds. The fourth-order valence-electron chi connectivity index (χ4n) is 3.22. The summed E-state index contributed by atoms with van der Waals surface area (Å²) in [5, 5.41) is -0.0323. The molecule has 3 aromatic carbocycles. The predicted octanol–water partition coefficient (Wildman–Crippen LogP) is 5.51. The molecule has 0 N–H and O–H groups in total. The Labute approximate surface area is 173 Å². The minimum Gasteiger partial charge on any atom is -0.497 e. The van der Waals surface area contributed by atoms with E-state index in [0.29, 0.717) is 23.6 Å². The van der Waals surface area contributed by atoms with Crippen LogP contribution in [-0.2, 0) is 0 Å². The third-order valence-corrected chi connectivity index (χ3v) is 5.94. The molecule has 0 saturated carbocycles. The lowest BCUT2D eigenvalue weighted by atomic mass is 10.1. The predicted molar refractivity (Wildman–Crippen MR) is 112 cm³/mol. The highest BCUT2D eigenvalue weighted by molar-refractivity contribution is 7.99. The van der Waals surface area contributed by atoms with Crippen LogP contribution in [0.3, 0.4) is 0 Å². The molecule has 1 aliphatic rings. The zero-order valence-corrected chi connectivity index (χ0v) is 16.7. The van der Waals surface area contributed by atoms with Gasteiger partial charge in [-0.1, -0.05) is 18.2 Å². The molecular formula is C23H20FNO3S. The standard InChI is InChI=1S/C23H20FNO3S/c1-27-19-9-5-16(6-10-19)23-25(13-14-29-23)22(26)17-3-2-4-21(15-17)28-20-11-7-18(24)8-12-20/h2-12,15,23H,13-14H2,1H3. The molecule has 0 aliphatic carbocycles. The number of thioether (sulfide) groups is 1. The van der Waals surface area contributed by atoms with Crippen molar-refractivity contribution in [3.05, 3.63) is 89.7 Å². The fraction of sp³-hybridized carbons (Fsp3) is 0.174. The van der Waals surface area contributed by atoms with Crippen LogP contribution in [0, 0.1) is 5.82 Å². The molecule has 1 atom stereocenters. The van der Waals surface area contributed by atoms with E-state index in [4.69, 9.17) is 9.47 Å². The van der Waals surface area contributed by atoms with E-state index in [1.54, 1.807) is 55.3 Å². The summed E-state index contributed by atoms with van der Waals surface area (Å²) in [5.41, 5.74) is 1.63. The third kappa shape index (κ3) is 4.38. The van der Waals surface area contributed by atoms with Crippen molar-refractivity contribution in [3.8, 4) is 17.2 Å². The average Bonchev–Trinajstić information content (AvgIpc) is 3.25. The van der Waals surface area contributed by atoms with Crippen LogP contribution < -0.4 is 9.47 Å². The zero-order chi connectivity index (χ0) is 20.2. The first kappa shape index (κ1) is 19.3. The Morgan fingerprint density at radius 1 is 1.00 bits per heavy atom. The molecule has 4 nitrogen and oxygen atoms in total. The van der Waals surface area contributed by atoms with Crippen molar-refractivity contribution in [3.63, 3.8) is 0 Å². The first-order valence-corrected chi connectivity index (χ1v) is 10.3. The monoisotopic (exact) mass is 409 g/mol. The van der Waals surface area contributed by atoms with Crippen LogP contribution in [0.1, 0.15) is 21.3 Å². The Balaban J connectivity index is 1.52. The quantitative estimate of drug-likeness (QED) is 0.557. The van der Waals surface area contributed by atoms with Crippen molar-refractivity contribution >= 4 is 17.7 Å². The van der Waals surface area contributed by atoms with Gasteiger partial charge in [-0.05, 0) is 60.2 Å². The van der Waals surface area contributed by atoms with E-state index in [9.17, 15) is 9.18 Å². The zero-order valence-electron chi connectivity index (χ0n) is 15.9. The molecule has 1 aliphatic heterocycles. The van der Waals surface area contributed by atoms with E-state index in [2.05, 4.69) is 0 Å². The topological polar surface area (TPSA) is 38.8 Å². The summed E-state index contributed by atoms with van der Waals surface area (Å²) in [6.45, 7) is 0.684. The number of nitrogens with zero attached hydrogens (tertiary/aromatic N) is 1. The first-order valence-electron chi connectivity index (χ1n) is 9.24. The van der Waals surface area contributed by atoms with Crippen LogP contribution in [0.2, 0.25) is 0 Å². The molecular weight excluding hydrogens is 389 g/mol. The van der Waals surface area contributed by atoms with Gasteiger partial charge in [0.05, 0.1) is 7.11 Å². The van der Waals surface area contributed by atoms with Crippen molar-refractivity contribution in [1.82, 2.24) is 4.90 Å². The minimum absolute atomic E-state index is 0.0323. The summed E-state index contributed by atoms with van der Waals surface area (Å²) < 4.78 is 24.1. The molecule has 148 valence electrons. The van der Waals surface area contributed by atoms with Crippen molar-refractivity contribution in [2.24, 2.45) is 0 Å². The molecule has 0 radical (unpaired) electrons. The summed E-state index contributed by atoms with van der Waals surface area (Å²) >= 11 is 1.75. The van der Waals surface area contributed by atoms with Gasteiger partial charge in [0.25, 0.3) is 5.91 Å². The van der Waals surface area contributed by atoms with Crippen molar-refractivity contribution in [2.45, 2.75) is 5.37 Å². The molecule has 3 aromatic rings. The Morgan fingerprint density at radius 2 is 1.72 bits per heavy atom. The highest BCUT2D eigenvalue weighted by Crippen LogP contribution is 2.39. The normalized spacial score (nSPS) is 15.9. The number of carbonyl (C=O) groups excluding carboxylic acids is 1. The van der Waals surface area contributed by atoms with Gasteiger partial charge in [0, 0.05) is 17.9 Å². The summed E-state index contributed by atoms with van der Waals surface area (Å²) in [6, 6.07) is 20.7. The number of carbonyl (C=O) groups is 1. The Bertz CT molecular complexity index is 992. The summed E-state index contributed by atoms with van der Waals surface area (Å²) in [7, 11) is 1.64. The van der Waals surface area contributed by atoms with Crippen LogP contribution in [0.5, 0.6) is 17.2 Å². The number of ether oxygens (including phenoxy) is 2. The fourth-order valence-corrected chi connectivity index (χ4v) is 4.48. The van der Waals surface area contributed by atoms with Gasteiger partial charge in [-0.15, -0.1) is 11.8 Å². The molecule has 1 heterocycles. The van der Waals surface area contributed by atoms with E-state index >= 15 is 0 Å². The van der Waals surface area contributed by atoms with Crippen molar-refractivity contribution < 1.29 is 18.7 Å². The van der Waals surface area contributed by atoms with Gasteiger partial charge < -0.3 is 14.4 Å². The smallest absolute Gasteiger partial charge is 0.255 e. The van der Waals surface area contributed by atoms with E-state index in [-0.39, 0.29) is 17.1 Å². The van der Waals surface area contributed by atoms with E-state index in [1.165, 1.54) is 12.1 Å². The van der Waals surface area contributed by atoms with E-state index in [0.717, 1.165) is 17.1 Å². The SMILES string of the molecule is COc1ccc(C2SCCN2C(=O)c2cccc(Oc3ccc(F)cc3)c2)cc1. The van der Waals surface area contributed by atoms with E-state index < -0.39 is 0 Å². The van der Waals surface area contributed by atoms with Crippen molar-refractivity contribution in [2.75, 3.05) is 19.4 Å². The van der Waals surface area contributed by atoms with Gasteiger partial charge in [-0.2, -0.15) is 0 Å². The largest absolute Gasteiger partial charge is 0.497 e. The van der Waals surface area contributed by atoms with Gasteiger partial charge in [0.15, 0.2) is 0 Å². The second kappa shape index (κ2) is 8.57. The number of methoxy groups -OCH3 is 1.